The van der Waals surface area contributed by atoms with Gasteiger partial charge in [-0.15, -0.1) is 0 Å². The lowest BCUT2D eigenvalue weighted by Gasteiger charge is -2.30. The highest BCUT2D eigenvalue weighted by Crippen LogP contribution is 2.30. The largest absolute Gasteiger partial charge is 0.440 e. The SMILES string of the molecule is CC(C)(C)c1ccc(S(=O)(=O)NCCC(=O)N2CCC(c3nc4ccccc4o3)CC2)cc1. The van der Waals surface area contributed by atoms with Crippen molar-refractivity contribution in [1.29, 1.82) is 0 Å². The topological polar surface area (TPSA) is 92.5 Å². The van der Waals surface area contributed by atoms with E-state index in [0.29, 0.717) is 13.1 Å². The number of nitrogens with one attached hydrogen (secondary N) is 1. The number of benzene rings is 2. The third-order valence-corrected chi connectivity index (χ3v) is 7.65. The molecule has 1 aromatic heterocycles. The van der Waals surface area contributed by atoms with E-state index in [2.05, 4.69) is 30.5 Å². The van der Waals surface area contributed by atoms with E-state index in [1.165, 1.54) is 0 Å². The van der Waals surface area contributed by atoms with Crippen LogP contribution in [-0.2, 0) is 20.2 Å². The summed E-state index contributed by atoms with van der Waals surface area (Å²) in [7, 11) is -3.65. The Kier molecular flexibility index (Phi) is 6.59. The van der Waals surface area contributed by atoms with Crippen molar-refractivity contribution in [3.63, 3.8) is 0 Å². The molecule has 7 nitrogen and oxygen atoms in total. The van der Waals surface area contributed by atoms with E-state index in [0.717, 1.165) is 35.4 Å². The Bertz CT molecular complexity index is 1190. The van der Waals surface area contributed by atoms with Gasteiger partial charge in [-0.25, -0.2) is 18.1 Å². The first kappa shape index (κ1) is 23.4. The van der Waals surface area contributed by atoms with Crippen molar-refractivity contribution in [3.05, 3.63) is 60.0 Å². The summed E-state index contributed by atoms with van der Waals surface area (Å²) in [4.78, 5) is 19.2. The molecule has 0 atom stereocenters. The highest BCUT2D eigenvalue weighted by atomic mass is 32.2. The number of carbonyl (C=O) groups is 1. The zero-order valence-electron chi connectivity index (χ0n) is 19.4. The number of carbonyl (C=O) groups excluding carboxylic acids is 1. The zero-order chi connectivity index (χ0) is 23.6. The van der Waals surface area contributed by atoms with Gasteiger partial charge in [-0.2, -0.15) is 0 Å². The molecule has 0 unspecified atom stereocenters. The highest BCUT2D eigenvalue weighted by Gasteiger charge is 2.27. The van der Waals surface area contributed by atoms with Crippen LogP contribution in [0.15, 0.2) is 57.8 Å². The summed E-state index contributed by atoms with van der Waals surface area (Å²) in [6.07, 6.45) is 1.70. The van der Waals surface area contributed by atoms with Crippen molar-refractivity contribution >= 4 is 27.0 Å². The Morgan fingerprint density at radius 3 is 2.39 bits per heavy atom. The number of piperidine rings is 1. The molecule has 33 heavy (non-hydrogen) atoms. The van der Waals surface area contributed by atoms with Gasteiger partial charge in [0.25, 0.3) is 0 Å². The van der Waals surface area contributed by atoms with Gasteiger partial charge in [0.15, 0.2) is 11.5 Å². The zero-order valence-corrected chi connectivity index (χ0v) is 20.2. The van der Waals surface area contributed by atoms with E-state index in [1.54, 1.807) is 17.0 Å². The number of amides is 1. The minimum absolute atomic E-state index is 0.0446. The fourth-order valence-electron chi connectivity index (χ4n) is 4.11. The molecule has 1 saturated heterocycles. The monoisotopic (exact) mass is 469 g/mol. The van der Waals surface area contributed by atoms with E-state index in [1.807, 2.05) is 36.4 Å². The average molecular weight is 470 g/mol. The van der Waals surface area contributed by atoms with Crippen LogP contribution in [0.3, 0.4) is 0 Å². The van der Waals surface area contributed by atoms with Crippen LogP contribution in [0.1, 0.15) is 57.4 Å². The first-order chi connectivity index (χ1) is 15.6. The quantitative estimate of drug-likeness (QED) is 0.584. The van der Waals surface area contributed by atoms with Gasteiger partial charge >= 0.3 is 0 Å². The molecule has 4 rings (SSSR count). The summed E-state index contributed by atoms with van der Waals surface area (Å²) in [6.45, 7) is 7.54. The summed E-state index contributed by atoms with van der Waals surface area (Å²) in [5.41, 5.74) is 2.66. The lowest BCUT2D eigenvalue weighted by Crippen LogP contribution is -2.39. The standard InChI is InChI=1S/C25H31N3O4S/c1-25(2,3)19-8-10-20(11-9-19)33(30,31)26-15-12-23(29)28-16-13-18(14-17-28)24-27-21-6-4-5-7-22(21)32-24/h4-11,18,26H,12-17H2,1-3H3. The van der Waals surface area contributed by atoms with Crippen LogP contribution in [0.25, 0.3) is 11.1 Å². The van der Waals surface area contributed by atoms with Gasteiger partial charge in [-0.3, -0.25) is 4.79 Å². The second-order valence-corrected chi connectivity index (χ2v) is 11.4. The van der Waals surface area contributed by atoms with E-state index >= 15 is 0 Å². The molecule has 1 amide bonds. The Labute approximate surface area is 195 Å². The fraction of sp³-hybridized carbons (Fsp3) is 0.440. The number of rotatable bonds is 6. The van der Waals surface area contributed by atoms with Crippen LogP contribution >= 0.6 is 0 Å². The molecular formula is C25H31N3O4S. The molecule has 2 heterocycles. The van der Waals surface area contributed by atoms with Crippen LogP contribution in [0.5, 0.6) is 0 Å². The van der Waals surface area contributed by atoms with Crippen LogP contribution in [0, 0.1) is 0 Å². The molecule has 0 saturated carbocycles. The minimum atomic E-state index is -3.65. The van der Waals surface area contributed by atoms with E-state index in [9.17, 15) is 13.2 Å². The number of para-hydroxylation sites is 2. The minimum Gasteiger partial charge on any atom is -0.440 e. The summed E-state index contributed by atoms with van der Waals surface area (Å²) in [5.74, 6) is 0.876. The summed E-state index contributed by atoms with van der Waals surface area (Å²) in [6, 6.07) is 14.6. The maximum atomic E-state index is 12.6. The van der Waals surface area contributed by atoms with Crippen molar-refractivity contribution in [3.8, 4) is 0 Å². The predicted octanol–water partition coefficient (Wildman–Crippen LogP) is 4.20. The molecule has 1 N–H and O–H groups in total. The van der Waals surface area contributed by atoms with Crippen molar-refractivity contribution < 1.29 is 17.6 Å². The highest BCUT2D eigenvalue weighted by molar-refractivity contribution is 7.89. The lowest BCUT2D eigenvalue weighted by molar-refractivity contribution is -0.132. The third kappa shape index (κ3) is 5.45. The maximum Gasteiger partial charge on any atom is 0.240 e. The third-order valence-electron chi connectivity index (χ3n) is 6.17. The number of sulfonamides is 1. The maximum absolute atomic E-state index is 12.6. The van der Waals surface area contributed by atoms with Crippen molar-refractivity contribution in [1.82, 2.24) is 14.6 Å². The van der Waals surface area contributed by atoms with E-state index < -0.39 is 10.0 Å². The molecule has 8 heteroatoms. The molecule has 0 aliphatic carbocycles. The average Bonchev–Trinajstić information content (AvgIpc) is 3.23. The summed E-state index contributed by atoms with van der Waals surface area (Å²) in [5, 5.41) is 0. The van der Waals surface area contributed by atoms with Crippen LogP contribution < -0.4 is 4.72 Å². The van der Waals surface area contributed by atoms with Crippen molar-refractivity contribution in [2.75, 3.05) is 19.6 Å². The molecule has 3 aromatic rings. The lowest BCUT2D eigenvalue weighted by atomic mass is 9.87. The molecule has 2 aromatic carbocycles. The van der Waals surface area contributed by atoms with E-state index in [4.69, 9.17) is 4.42 Å². The number of nitrogens with zero attached hydrogens (tertiary/aromatic N) is 2. The van der Waals surface area contributed by atoms with Gasteiger partial charge in [0.05, 0.1) is 4.90 Å². The number of aromatic nitrogens is 1. The Balaban J connectivity index is 1.26. The molecule has 0 radical (unpaired) electrons. The molecule has 1 aliphatic rings. The van der Waals surface area contributed by atoms with Crippen LogP contribution in [-0.4, -0.2) is 43.8 Å². The molecule has 0 bridgehead atoms. The van der Waals surface area contributed by atoms with Gasteiger partial charge in [-0.05, 0) is 48.1 Å². The smallest absolute Gasteiger partial charge is 0.240 e. The second kappa shape index (κ2) is 9.27. The van der Waals surface area contributed by atoms with Gasteiger partial charge in [-0.1, -0.05) is 45.0 Å². The molecular weight excluding hydrogens is 438 g/mol. The first-order valence-corrected chi connectivity index (χ1v) is 12.9. The summed E-state index contributed by atoms with van der Waals surface area (Å²) >= 11 is 0. The molecule has 0 spiro atoms. The molecule has 1 aliphatic heterocycles. The Hall–Kier alpha value is -2.71. The number of likely N-dealkylation sites (tertiary alicyclic amines) is 1. The number of oxazole rings is 1. The molecule has 176 valence electrons. The number of hydrogen-bond donors (Lipinski definition) is 1. The number of fused-ring (bicyclic) bond motifs is 1. The van der Waals surface area contributed by atoms with Gasteiger partial charge < -0.3 is 9.32 Å². The van der Waals surface area contributed by atoms with Crippen LogP contribution in [0.2, 0.25) is 0 Å². The Morgan fingerprint density at radius 1 is 1.09 bits per heavy atom. The summed E-state index contributed by atoms with van der Waals surface area (Å²) < 4.78 is 33.6. The van der Waals surface area contributed by atoms with E-state index in [-0.39, 0.29) is 35.1 Å². The van der Waals surface area contributed by atoms with Gasteiger partial charge in [0.1, 0.15) is 5.52 Å². The van der Waals surface area contributed by atoms with Gasteiger partial charge in [0.2, 0.25) is 15.9 Å². The number of hydrogen-bond acceptors (Lipinski definition) is 5. The normalized spacial score (nSPS) is 15.8. The predicted molar refractivity (Wildman–Crippen MR) is 128 cm³/mol. The van der Waals surface area contributed by atoms with Crippen molar-refractivity contribution in [2.45, 2.75) is 56.3 Å². The second-order valence-electron chi connectivity index (χ2n) is 9.60. The van der Waals surface area contributed by atoms with Crippen LogP contribution in [0.4, 0.5) is 0 Å². The van der Waals surface area contributed by atoms with Gasteiger partial charge in [0, 0.05) is 32.0 Å². The van der Waals surface area contributed by atoms with Crippen molar-refractivity contribution in [2.24, 2.45) is 0 Å². The fourth-order valence-corrected chi connectivity index (χ4v) is 5.14. The molecule has 1 fully saturated rings. The Morgan fingerprint density at radius 2 is 1.76 bits per heavy atom. The first-order valence-electron chi connectivity index (χ1n) is 11.4.